The van der Waals surface area contributed by atoms with Gasteiger partial charge in [0.1, 0.15) is 5.60 Å². The topological polar surface area (TPSA) is 61.5 Å². The van der Waals surface area contributed by atoms with Crippen molar-refractivity contribution in [3.05, 3.63) is 0 Å². The van der Waals surface area contributed by atoms with Crippen LogP contribution in [-0.2, 0) is 9.47 Å². The fourth-order valence-corrected chi connectivity index (χ4v) is 0.972. The maximum atomic E-state index is 10.3. The second-order valence-corrected chi connectivity index (χ2v) is 2.67. The molecule has 1 aliphatic rings. The number of ether oxygens (including phenoxy) is 2. The van der Waals surface area contributed by atoms with Crippen molar-refractivity contribution in [1.29, 1.82) is 0 Å². The molecule has 1 heterocycles. The number of primary amides is 1. The molecule has 0 aromatic rings. The number of hydrogen-bond acceptors (Lipinski definition) is 3. The molecule has 0 radical (unpaired) electrons. The predicted octanol–water partition coefficient (Wildman–Crippen LogP) is 0.261. The number of nitrogens with two attached hydrogens (primary N) is 1. The quantitative estimate of drug-likeness (QED) is 0.575. The summed E-state index contributed by atoms with van der Waals surface area (Å²) in [7, 11) is 0. The molecule has 1 fully saturated rings. The van der Waals surface area contributed by atoms with Crippen LogP contribution < -0.4 is 5.73 Å². The van der Waals surface area contributed by atoms with Crippen LogP contribution in [0.5, 0.6) is 0 Å². The van der Waals surface area contributed by atoms with Gasteiger partial charge in [-0.25, -0.2) is 4.79 Å². The van der Waals surface area contributed by atoms with Crippen LogP contribution in [0.3, 0.4) is 0 Å². The maximum Gasteiger partial charge on any atom is 0.405 e. The number of amides is 1. The molecule has 1 rings (SSSR count). The number of rotatable bonds is 1. The molecule has 1 atom stereocenters. The van der Waals surface area contributed by atoms with Crippen molar-refractivity contribution >= 4 is 6.09 Å². The summed E-state index contributed by atoms with van der Waals surface area (Å²) in [6, 6.07) is 0. The van der Waals surface area contributed by atoms with Gasteiger partial charge in [-0.3, -0.25) is 0 Å². The summed E-state index contributed by atoms with van der Waals surface area (Å²) in [5, 5.41) is 0. The minimum absolute atomic E-state index is 0.454. The molecule has 0 aromatic heterocycles. The molecule has 58 valence electrons. The van der Waals surface area contributed by atoms with E-state index in [-0.39, 0.29) is 0 Å². The van der Waals surface area contributed by atoms with Crippen LogP contribution in [0.1, 0.15) is 13.3 Å². The van der Waals surface area contributed by atoms with Gasteiger partial charge in [-0.1, -0.05) is 0 Å². The molecular weight excluding hydrogens is 134 g/mol. The summed E-state index contributed by atoms with van der Waals surface area (Å²) < 4.78 is 9.84. The van der Waals surface area contributed by atoms with Gasteiger partial charge >= 0.3 is 6.09 Å². The Bertz CT molecular complexity index is 140. The highest BCUT2D eigenvalue weighted by Gasteiger charge is 2.32. The molecule has 0 aliphatic carbocycles. The molecule has 2 N–H and O–H groups in total. The SMILES string of the molecule is CC1(OC(N)=O)CCOC1. The summed E-state index contributed by atoms with van der Waals surface area (Å²) in [5.74, 6) is 0. The lowest BCUT2D eigenvalue weighted by molar-refractivity contribution is 0.0214. The monoisotopic (exact) mass is 145 g/mol. The van der Waals surface area contributed by atoms with Crippen molar-refractivity contribution in [2.45, 2.75) is 18.9 Å². The van der Waals surface area contributed by atoms with E-state index in [0.717, 1.165) is 6.42 Å². The van der Waals surface area contributed by atoms with Crippen LogP contribution in [-0.4, -0.2) is 24.9 Å². The van der Waals surface area contributed by atoms with Crippen LogP contribution in [0, 0.1) is 0 Å². The zero-order chi connectivity index (χ0) is 7.61. The highest BCUT2D eigenvalue weighted by Crippen LogP contribution is 2.21. The Kier molecular flexibility index (Phi) is 1.80. The van der Waals surface area contributed by atoms with Crippen molar-refractivity contribution in [3.8, 4) is 0 Å². The molecule has 0 saturated carbocycles. The van der Waals surface area contributed by atoms with Crippen LogP contribution in [0.4, 0.5) is 4.79 Å². The first-order valence-electron chi connectivity index (χ1n) is 3.19. The third kappa shape index (κ3) is 1.60. The molecule has 0 spiro atoms. The fourth-order valence-electron chi connectivity index (χ4n) is 0.972. The molecule has 1 amide bonds. The minimum atomic E-state index is -0.729. The molecule has 1 aliphatic heterocycles. The summed E-state index contributed by atoms with van der Waals surface area (Å²) >= 11 is 0. The molecule has 0 bridgehead atoms. The van der Waals surface area contributed by atoms with Gasteiger partial charge in [0.15, 0.2) is 0 Å². The normalized spacial score (nSPS) is 32.1. The Morgan fingerprint density at radius 1 is 1.80 bits per heavy atom. The molecule has 4 nitrogen and oxygen atoms in total. The van der Waals surface area contributed by atoms with Gasteiger partial charge in [-0.05, 0) is 6.92 Å². The third-order valence-corrected chi connectivity index (χ3v) is 1.53. The van der Waals surface area contributed by atoms with E-state index >= 15 is 0 Å². The second kappa shape index (κ2) is 2.46. The van der Waals surface area contributed by atoms with Crippen LogP contribution in [0.2, 0.25) is 0 Å². The fraction of sp³-hybridized carbons (Fsp3) is 0.833. The molecule has 1 unspecified atom stereocenters. The summed E-state index contributed by atoms with van der Waals surface area (Å²) in [6.45, 7) is 2.91. The van der Waals surface area contributed by atoms with E-state index in [9.17, 15) is 4.79 Å². The van der Waals surface area contributed by atoms with Crippen molar-refractivity contribution in [2.24, 2.45) is 5.73 Å². The van der Waals surface area contributed by atoms with Crippen molar-refractivity contribution in [1.82, 2.24) is 0 Å². The lowest BCUT2D eigenvalue weighted by Crippen LogP contribution is -2.34. The molecular formula is C6H11NO3. The first kappa shape index (κ1) is 7.34. The smallest absolute Gasteiger partial charge is 0.405 e. The standard InChI is InChI=1S/C6H11NO3/c1-6(10-5(7)8)2-3-9-4-6/h2-4H2,1H3,(H2,7,8). The summed E-state index contributed by atoms with van der Waals surface area (Å²) in [5.41, 5.74) is 4.36. The van der Waals surface area contributed by atoms with Gasteiger partial charge in [-0.2, -0.15) is 0 Å². The largest absolute Gasteiger partial charge is 0.441 e. The Balaban J connectivity index is 2.43. The van der Waals surface area contributed by atoms with Crippen molar-refractivity contribution in [2.75, 3.05) is 13.2 Å². The van der Waals surface area contributed by atoms with Gasteiger partial charge in [0.25, 0.3) is 0 Å². The Morgan fingerprint density at radius 2 is 2.50 bits per heavy atom. The van der Waals surface area contributed by atoms with Gasteiger partial charge in [-0.15, -0.1) is 0 Å². The van der Waals surface area contributed by atoms with E-state index in [2.05, 4.69) is 0 Å². The average molecular weight is 145 g/mol. The van der Waals surface area contributed by atoms with Crippen molar-refractivity contribution in [3.63, 3.8) is 0 Å². The maximum absolute atomic E-state index is 10.3. The highest BCUT2D eigenvalue weighted by molar-refractivity contribution is 5.65. The first-order chi connectivity index (χ1) is 4.62. The van der Waals surface area contributed by atoms with Gasteiger partial charge in [0.2, 0.25) is 0 Å². The summed E-state index contributed by atoms with van der Waals surface area (Å²) in [6.07, 6.45) is 0.00338. The van der Waals surface area contributed by atoms with E-state index in [1.165, 1.54) is 0 Å². The van der Waals surface area contributed by atoms with Gasteiger partial charge < -0.3 is 15.2 Å². The lowest BCUT2D eigenvalue weighted by atomic mass is 10.1. The van der Waals surface area contributed by atoms with Crippen LogP contribution >= 0.6 is 0 Å². The Hall–Kier alpha value is -0.770. The van der Waals surface area contributed by atoms with Gasteiger partial charge in [0, 0.05) is 6.42 Å². The molecule has 1 saturated heterocycles. The molecule has 10 heavy (non-hydrogen) atoms. The van der Waals surface area contributed by atoms with E-state index in [1.54, 1.807) is 0 Å². The molecule has 4 heteroatoms. The zero-order valence-electron chi connectivity index (χ0n) is 5.92. The number of carbonyl (C=O) groups excluding carboxylic acids is 1. The Labute approximate surface area is 59.3 Å². The first-order valence-corrected chi connectivity index (χ1v) is 3.19. The van der Waals surface area contributed by atoms with Gasteiger partial charge in [0.05, 0.1) is 13.2 Å². The van der Waals surface area contributed by atoms with Crippen molar-refractivity contribution < 1.29 is 14.3 Å². The van der Waals surface area contributed by atoms with E-state index in [0.29, 0.717) is 13.2 Å². The van der Waals surface area contributed by atoms with E-state index in [1.807, 2.05) is 6.92 Å². The number of carbonyl (C=O) groups is 1. The van der Waals surface area contributed by atoms with Crippen LogP contribution in [0.15, 0.2) is 0 Å². The van der Waals surface area contributed by atoms with E-state index < -0.39 is 11.7 Å². The predicted molar refractivity (Wildman–Crippen MR) is 34.5 cm³/mol. The third-order valence-electron chi connectivity index (χ3n) is 1.53. The highest BCUT2D eigenvalue weighted by atomic mass is 16.6. The average Bonchev–Trinajstić information content (AvgIpc) is 2.12. The summed E-state index contributed by atoms with van der Waals surface area (Å²) in [4.78, 5) is 10.3. The number of hydrogen-bond donors (Lipinski definition) is 1. The lowest BCUT2D eigenvalue weighted by Gasteiger charge is -2.20. The van der Waals surface area contributed by atoms with Crippen LogP contribution in [0.25, 0.3) is 0 Å². The minimum Gasteiger partial charge on any atom is -0.441 e. The molecule has 0 aromatic carbocycles. The Morgan fingerprint density at radius 3 is 2.90 bits per heavy atom. The zero-order valence-corrected chi connectivity index (χ0v) is 5.92. The van der Waals surface area contributed by atoms with E-state index in [4.69, 9.17) is 15.2 Å². The second-order valence-electron chi connectivity index (χ2n) is 2.67.